The summed E-state index contributed by atoms with van der Waals surface area (Å²) >= 11 is 3.46. The molecule has 0 amide bonds. The Morgan fingerprint density at radius 1 is 1.37 bits per heavy atom. The van der Waals surface area contributed by atoms with Crippen molar-refractivity contribution in [3.63, 3.8) is 0 Å². The molecule has 1 aromatic carbocycles. The Balaban J connectivity index is 2.62. The minimum absolute atomic E-state index is 0.00291. The fraction of sp³-hybridized carbons (Fsp3) is 0.571. The molecule has 1 aromatic rings. The first-order valence-electron chi connectivity index (χ1n) is 6.36. The normalized spacial score (nSPS) is 12.7. The van der Waals surface area contributed by atoms with Crippen LogP contribution in [0.2, 0.25) is 0 Å². The SMILES string of the molecule is COc1ccc(Br)cc1CCN(C)C(CO)CCO. The molecular formula is C14H22BrNO3. The molecule has 0 bridgehead atoms. The summed E-state index contributed by atoms with van der Waals surface area (Å²) in [5, 5.41) is 18.2. The van der Waals surface area contributed by atoms with Crippen LogP contribution in [-0.2, 0) is 6.42 Å². The van der Waals surface area contributed by atoms with E-state index in [-0.39, 0.29) is 19.3 Å². The summed E-state index contributed by atoms with van der Waals surface area (Å²) in [6, 6.07) is 5.95. The second-order valence-corrected chi connectivity index (χ2v) is 5.45. The molecule has 0 spiro atoms. The van der Waals surface area contributed by atoms with Crippen molar-refractivity contribution in [2.45, 2.75) is 18.9 Å². The molecule has 0 aromatic heterocycles. The van der Waals surface area contributed by atoms with Crippen LogP contribution in [0.5, 0.6) is 5.75 Å². The number of rotatable bonds is 8. The summed E-state index contributed by atoms with van der Waals surface area (Å²) in [5.41, 5.74) is 1.13. The lowest BCUT2D eigenvalue weighted by atomic mass is 10.1. The number of nitrogens with zero attached hydrogens (tertiary/aromatic N) is 1. The zero-order chi connectivity index (χ0) is 14.3. The van der Waals surface area contributed by atoms with Crippen LogP contribution in [-0.4, -0.2) is 55.1 Å². The number of hydrogen-bond acceptors (Lipinski definition) is 4. The van der Waals surface area contributed by atoms with Crippen molar-refractivity contribution >= 4 is 15.9 Å². The molecule has 0 saturated carbocycles. The zero-order valence-electron chi connectivity index (χ0n) is 11.5. The fourth-order valence-electron chi connectivity index (χ4n) is 2.02. The molecule has 1 unspecified atom stereocenters. The smallest absolute Gasteiger partial charge is 0.122 e. The lowest BCUT2D eigenvalue weighted by Gasteiger charge is -2.26. The van der Waals surface area contributed by atoms with Crippen LogP contribution in [0.1, 0.15) is 12.0 Å². The Labute approximate surface area is 123 Å². The molecule has 0 aliphatic rings. The van der Waals surface area contributed by atoms with Crippen molar-refractivity contribution in [3.05, 3.63) is 28.2 Å². The first-order chi connectivity index (χ1) is 9.12. The van der Waals surface area contributed by atoms with Crippen molar-refractivity contribution in [3.8, 4) is 5.75 Å². The molecule has 0 saturated heterocycles. The summed E-state index contributed by atoms with van der Waals surface area (Å²) in [7, 11) is 3.62. The Bertz CT molecular complexity index is 387. The van der Waals surface area contributed by atoms with Crippen LogP contribution in [0.4, 0.5) is 0 Å². The van der Waals surface area contributed by atoms with E-state index in [0.717, 1.165) is 28.8 Å². The van der Waals surface area contributed by atoms with Crippen LogP contribution < -0.4 is 4.74 Å². The van der Waals surface area contributed by atoms with Gasteiger partial charge in [0, 0.05) is 23.7 Å². The maximum absolute atomic E-state index is 9.28. The van der Waals surface area contributed by atoms with Gasteiger partial charge in [0.15, 0.2) is 0 Å². The van der Waals surface area contributed by atoms with Gasteiger partial charge in [-0.05, 0) is 43.7 Å². The maximum Gasteiger partial charge on any atom is 0.122 e. The molecule has 0 radical (unpaired) electrons. The van der Waals surface area contributed by atoms with Gasteiger partial charge in [0.1, 0.15) is 5.75 Å². The Hall–Kier alpha value is -0.620. The monoisotopic (exact) mass is 331 g/mol. The fourth-order valence-corrected chi connectivity index (χ4v) is 2.43. The third kappa shape index (κ3) is 5.10. The van der Waals surface area contributed by atoms with Gasteiger partial charge in [0.2, 0.25) is 0 Å². The largest absolute Gasteiger partial charge is 0.496 e. The molecule has 1 atom stereocenters. The van der Waals surface area contributed by atoms with Crippen molar-refractivity contribution in [1.82, 2.24) is 4.90 Å². The summed E-state index contributed by atoms with van der Waals surface area (Å²) in [5.74, 6) is 0.874. The van der Waals surface area contributed by atoms with Crippen LogP contribution in [0.25, 0.3) is 0 Å². The van der Waals surface area contributed by atoms with Crippen LogP contribution >= 0.6 is 15.9 Å². The highest BCUT2D eigenvalue weighted by atomic mass is 79.9. The summed E-state index contributed by atoms with van der Waals surface area (Å²) in [6.45, 7) is 0.959. The number of aliphatic hydroxyl groups excluding tert-OH is 2. The third-order valence-electron chi connectivity index (χ3n) is 3.27. The van der Waals surface area contributed by atoms with Crippen molar-refractivity contribution in [2.24, 2.45) is 0 Å². The second kappa shape index (κ2) is 8.53. The lowest BCUT2D eigenvalue weighted by molar-refractivity contribution is 0.120. The van der Waals surface area contributed by atoms with Gasteiger partial charge in [-0.3, -0.25) is 0 Å². The second-order valence-electron chi connectivity index (χ2n) is 4.54. The minimum atomic E-state index is 0.00291. The Kier molecular flexibility index (Phi) is 7.38. The number of likely N-dealkylation sites (N-methyl/N-ethyl adjacent to an activating group) is 1. The van der Waals surface area contributed by atoms with Gasteiger partial charge in [0.05, 0.1) is 13.7 Å². The molecule has 0 aliphatic heterocycles. The van der Waals surface area contributed by atoms with E-state index >= 15 is 0 Å². The molecule has 0 heterocycles. The zero-order valence-corrected chi connectivity index (χ0v) is 13.1. The van der Waals surface area contributed by atoms with E-state index in [1.54, 1.807) is 7.11 Å². The van der Waals surface area contributed by atoms with Crippen molar-refractivity contribution in [1.29, 1.82) is 0 Å². The number of halogens is 1. The van der Waals surface area contributed by atoms with Gasteiger partial charge in [-0.15, -0.1) is 0 Å². The highest BCUT2D eigenvalue weighted by Gasteiger charge is 2.14. The van der Waals surface area contributed by atoms with Gasteiger partial charge >= 0.3 is 0 Å². The molecule has 19 heavy (non-hydrogen) atoms. The Morgan fingerprint density at radius 2 is 2.11 bits per heavy atom. The third-order valence-corrected chi connectivity index (χ3v) is 3.77. The average Bonchev–Trinajstić information content (AvgIpc) is 2.42. The van der Waals surface area contributed by atoms with E-state index in [4.69, 9.17) is 9.84 Å². The first-order valence-corrected chi connectivity index (χ1v) is 7.16. The number of hydrogen-bond donors (Lipinski definition) is 2. The minimum Gasteiger partial charge on any atom is -0.496 e. The van der Waals surface area contributed by atoms with Gasteiger partial charge < -0.3 is 19.8 Å². The molecular weight excluding hydrogens is 310 g/mol. The predicted molar refractivity (Wildman–Crippen MR) is 79.6 cm³/mol. The molecule has 0 aliphatic carbocycles. The molecule has 108 valence electrons. The topological polar surface area (TPSA) is 52.9 Å². The maximum atomic E-state index is 9.28. The molecule has 0 fully saturated rings. The number of benzene rings is 1. The number of methoxy groups -OCH3 is 1. The highest BCUT2D eigenvalue weighted by molar-refractivity contribution is 9.10. The average molecular weight is 332 g/mol. The van der Waals surface area contributed by atoms with Gasteiger partial charge in [-0.1, -0.05) is 15.9 Å². The summed E-state index contributed by atoms with van der Waals surface area (Å²) < 4.78 is 6.37. The first kappa shape index (κ1) is 16.4. The number of aliphatic hydroxyl groups is 2. The van der Waals surface area contributed by atoms with E-state index in [1.807, 2.05) is 25.2 Å². The van der Waals surface area contributed by atoms with Crippen molar-refractivity contribution < 1.29 is 14.9 Å². The summed E-state index contributed by atoms with van der Waals surface area (Å²) in [4.78, 5) is 2.07. The van der Waals surface area contributed by atoms with E-state index in [1.165, 1.54) is 0 Å². The van der Waals surface area contributed by atoms with Gasteiger partial charge in [-0.2, -0.15) is 0 Å². The van der Waals surface area contributed by atoms with Crippen molar-refractivity contribution in [2.75, 3.05) is 33.9 Å². The standard InChI is InChI=1S/C14H22BrNO3/c1-16(13(10-18)6-8-17)7-5-11-9-12(15)3-4-14(11)19-2/h3-4,9,13,17-18H,5-8,10H2,1-2H3. The molecule has 4 nitrogen and oxygen atoms in total. The van der Waals surface area contributed by atoms with E-state index < -0.39 is 0 Å². The van der Waals surface area contributed by atoms with Gasteiger partial charge in [0.25, 0.3) is 0 Å². The van der Waals surface area contributed by atoms with E-state index in [0.29, 0.717) is 6.42 Å². The molecule has 5 heteroatoms. The van der Waals surface area contributed by atoms with Crippen LogP contribution in [0.15, 0.2) is 22.7 Å². The van der Waals surface area contributed by atoms with E-state index in [9.17, 15) is 5.11 Å². The molecule has 1 rings (SSSR count). The van der Waals surface area contributed by atoms with Crippen LogP contribution in [0.3, 0.4) is 0 Å². The lowest BCUT2D eigenvalue weighted by Crippen LogP contribution is -2.36. The summed E-state index contributed by atoms with van der Waals surface area (Å²) in [6.07, 6.45) is 1.42. The predicted octanol–water partition coefficient (Wildman–Crippen LogP) is 1.68. The quantitative estimate of drug-likeness (QED) is 0.761. The Morgan fingerprint density at radius 3 is 2.68 bits per heavy atom. The molecule has 2 N–H and O–H groups in total. The van der Waals surface area contributed by atoms with Crippen LogP contribution in [0, 0.1) is 0 Å². The number of ether oxygens (including phenoxy) is 1. The van der Waals surface area contributed by atoms with Gasteiger partial charge in [-0.25, -0.2) is 0 Å². The highest BCUT2D eigenvalue weighted by Crippen LogP contribution is 2.23. The van der Waals surface area contributed by atoms with E-state index in [2.05, 4.69) is 20.8 Å².